The van der Waals surface area contributed by atoms with Gasteiger partial charge in [-0.15, -0.1) is 0 Å². The van der Waals surface area contributed by atoms with Gasteiger partial charge in [-0.25, -0.2) is 9.97 Å². The summed E-state index contributed by atoms with van der Waals surface area (Å²) < 4.78 is 28.6. The van der Waals surface area contributed by atoms with Gasteiger partial charge in [0.05, 0.1) is 17.1 Å². The fourth-order valence-electron chi connectivity index (χ4n) is 4.11. The van der Waals surface area contributed by atoms with E-state index < -0.39 is 6.55 Å². The number of hydrogen-bond acceptors (Lipinski definition) is 4. The number of anilines is 1. The second-order valence-electron chi connectivity index (χ2n) is 7.80. The minimum Gasteiger partial charge on any atom is -0.310 e. The van der Waals surface area contributed by atoms with Crippen LogP contribution >= 0.6 is 0 Å². The number of pyridine rings is 1. The number of benzene rings is 1. The van der Waals surface area contributed by atoms with Gasteiger partial charge in [-0.05, 0) is 69.6 Å². The molecule has 1 aliphatic rings. The van der Waals surface area contributed by atoms with E-state index in [9.17, 15) is 13.6 Å². The van der Waals surface area contributed by atoms with E-state index in [1.165, 1.54) is 0 Å². The number of nitrogens with one attached hydrogen (secondary N) is 1. The van der Waals surface area contributed by atoms with E-state index in [2.05, 4.69) is 20.2 Å². The number of hydrogen-bond donors (Lipinski definition) is 1. The van der Waals surface area contributed by atoms with Crippen LogP contribution in [-0.4, -0.2) is 38.4 Å². The van der Waals surface area contributed by atoms with Crippen molar-refractivity contribution in [3.63, 3.8) is 0 Å². The number of imidazole rings is 1. The van der Waals surface area contributed by atoms with Crippen molar-refractivity contribution in [2.24, 2.45) is 5.92 Å². The van der Waals surface area contributed by atoms with Crippen LogP contribution in [0.15, 0.2) is 42.6 Å². The molecule has 1 aromatic carbocycles. The zero-order valence-electron chi connectivity index (χ0n) is 17.1. The molecule has 8 heteroatoms. The summed E-state index contributed by atoms with van der Waals surface area (Å²) in [5, 5.41) is 2.89. The normalized spacial score (nSPS) is 16.8. The number of carbonyl (C=O) groups excluding carboxylic acids is 1. The quantitative estimate of drug-likeness (QED) is 0.667. The van der Waals surface area contributed by atoms with Crippen LogP contribution in [0.5, 0.6) is 0 Å². The van der Waals surface area contributed by atoms with Gasteiger partial charge in [0.25, 0.3) is 0 Å². The third-order valence-electron chi connectivity index (χ3n) is 5.81. The second-order valence-corrected chi connectivity index (χ2v) is 7.80. The maximum Gasteiger partial charge on any atom is 0.320 e. The van der Waals surface area contributed by atoms with E-state index in [4.69, 9.17) is 0 Å². The first-order valence-corrected chi connectivity index (χ1v) is 10.2. The lowest BCUT2D eigenvalue weighted by molar-refractivity contribution is -0.121. The Morgan fingerprint density at radius 1 is 1.20 bits per heavy atom. The van der Waals surface area contributed by atoms with Crippen molar-refractivity contribution in [3.05, 3.63) is 54.0 Å². The minimum atomic E-state index is -2.65. The van der Waals surface area contributed by atoms with E-state index in [0.717, 1.165) is 10.1 Å². The van der Waals surface area contributed by atoms with Gasteiger partial charge in [-0.1, -0.05) is 12.1 Å². The third kappa shape index (κ3) is 4.05. The molecule has 1 fully saturated rings. The fourth-order valence-corrected chi connectivity index (χ4v) is 4.11. The van der Waals surface area contributed by atoms with Gasteiger partial charge in [0, 0.05) is 12.1 Å². The predicted octanol–water partition coefficient (Wildman–Crippen LogP) is 4.55. The highest BCUT2D eigenvalue weighted by atomic mass is 19.3. The Labute approximate surface area is 173 Å². The molecule has 1 N–H and O–H groups in total. The Bertz CT molecular complexity index is 1040. The summed E-state index contributed by atoms with van der Waals surface area (Å²) in [4.78, 5) is 23.4. The number of aryl methyl sites for hydroxylation is 1. The van der Waals surface area contributed by atoms with Crippen LogP contribution < -0.4 is 5.32 Å². The van der Waals surface area contributed by atoms with Crippen LogP contribution in [0.4, 0.5) is 14.6 Å². The summed E-state index contributed by atoms with van der Waals surface area (Å²) in [6.45, 7) is 2.49. The molecule has 3 heterocycles. The molecule has 0 saturated carbocycles. The largest absolute Gasteiger partial charge is 0.320 e. The van der Waals surface area contributed by atoms with Crippen molar-refractivity contribution in [2.75, 3.05) is 18.4 Å². The number of rotatable bonds is 5. The standard InChI is InChI=1S/C22H25F2N5O/c1-14-7-10-25-19(13-14)27-21(30)16-8-11-28(12-9-16)15(2)20-26-17-5-3-4-6-18(17)29(20)22(23)24/h3-7,10,13,15-16,22H,8-9,11-12H2,1-2H3,(H,25,27,30). The first kappa shape index (κ1) is 20.4. The number of alkyl halides is 2. The average Bonchev–Trinajstić information content (AvgIpc) is 3.13. The number of likely N-dealkylation sites (tertiary alicyclic amines) is 1. The molecule has 0 aliphatic carbocycles. The van der Waals surface area contributed by atoms with Crippen LogP contribution in [0.25, 0.3) is 11.0 Å². The van der Waals surface area contributed by atoms with E-state index in [0.29, 0.717) is 48.6 Å². The Kier molecular flexibility index (Phi) is 5.76. The lowest BCUT2D eigenvalue weighted by atomic mass is 9.95. The molecule has 4 rings (SSSR count). The highest BCUT2D eigenvalue weighted by molar-refractivity contribution is 5.91. The molecule has 0 spiro atoms. The number of carbonyl (C=O) groups is 1. The maximum atomic E-state index is 13.8. The highest BCUT2D eigenvalue weighted by Gasteiger charge is 2.31. The molecule has 1 aliphatic heterocycles. The molecule has 1 unspecified atom stereocenters. The second kappa shape index (κ2) is 8.47. The molecule has 2 aromatic heterocycles. The van der Waals surface area contributed by atoms with Crippen LogP contribution in [-0.2, 0) is 4.79 Å². The Balaban J connectivity index is 1.43. The Morgan fingerprint density at radius 3 is 2.63 bits per heavy atom. The van der Waals surface area contributed by atoms with E-state index in [1.54, 1.807) is 30.5 Å². The highest BCUT2D eigenvalue weighted by Crippen LogP contribution is 2.31. The molecular weight excluding hydrogens is 388 g/mol. The first-order valence-electron chi connectivity index (χ1n) is 10.2. The molecular formula is C22H25F2N5O. The summed E-state index contributed by atoms with van der Waals surface area (Å²) in [6, 6.07) is 10.4. The van der Waals surface area contributed by atoms with Crippen LogP contribution in [0.3, 0.4) is 0 Å². The summed E-state index contributed by atoms with van der Waals surface area (Å²) in [5.74, 6) is 0.754. The van der Waals surface area contributed by atoms with Gasteiger partial charge < -0.3 is 5.32 Å². The topological polar surface area (TPSA) is 63.1 Å². The minimum absolute atomic E-state index is 0.0415. The van der Waals surface area contributed by atoms with E-state index in [1.807, 2.05) is 26.0 Å². The number of aromatic nitrogens is 3. The number of fused-ring (bicyclic) bond motifs is 1. The number of piperidine rings is 1. The average molecular weight is 413 g/mol. The lowest BCUT2D eigenvalue weighted by Gasteiger charge is -2.35. The maximum absolute atomic E-state index is 13.8. The predicted molar refractivity (Wildman–Crippen MR) is 111 cm³/mol. The number of amides is 1. The van der Waals surface area contributed by atoms with E-state index in [-0.39, 0.29) is 17.9 Å². The summed E-state index contributed by atoms with van der Waals surface area (Å²) in [5.41, 5.74) is 2.04. The number of halogens is 2. The van der Waals surface area contributed by atoms with Crippen molar-refractivity contribution >= 4 is 22.8 Å². The van der Waals surface area contributed by atoms with Crippen LogP contribution in [0, 0.1) is 12.8 Å². The van der Waals surface area contributed by atoms with Gasteiger partial charge in [-0.3, -0.25) is 14.3 Å². The van der Waals surface area contributed by atoms with Gasteiger partial charge in [-0.2, -0.15) is 8.78 Å². The Hall–Kier alpha value is -2.87. The summed E-state index contributed by atoms with van der Waals surface area (Å²) in [7, 11) is 0. The first-order chi connectivity index (χ1) is 14.4. The smallest absolute Gasteiger partial charge is 0.310 e. The molecule has 1 atom stereocenters. The molecule has 30 heavy (non-hydrogen) atoms. The fraction of sp³-hybridized carbons (Fsp3) is 0.409. The van der Waals surface area contributed by atoms with Crippen molar-refractivity contribution in [1.82, 2.24) is 19.4 Å². The van der Waals surface area contributed by atoms with Gasteiger partial charge in [0.2, 0.25) is 5.91 Å². The van der Waals surface area contributed by atoms with Gasteiger partial charge in [0.15, 0.2) is 0 Å². The molecule has 158 valence electrons. The molecule has 1 saturated heterocycles. The summed E-state index contributed by atoms with van der Waals surface area (Å²) in [6.07, 6.45) is 3.00. The molecule has 0 radical (unpaired) electrons. The molecule has 3 aromatic rings. The zero-order chi connectivity index (χ0) is 21.3. The van der Waals surface area contributed by atoms with E-state index >= 15 is 0 Å². The number of nitrogens with zero attached hydrogens (tertiary/aromatic N) is 4. The Morgan fingerprint density at radius 2 is 1.93 bits per heavy atom. The summed E-state index contributed by atoms with van der Waals surface area (Å²) >= 11 is 0. The van der Waals surface area contributed by atoms with Crippen LogP contribution in [0.2, 0.25) is 0 Å². The van der Waals surface area contributed by atoms with Crippen molar-refractivity contribution in [3.8, 4) is 0 Å². The van der Waals surface area contributed by atoms with Crippen molar-refractivity contribution in [2.45, 2.75) is 39.3 Å². The van der Waals surface area contributed by atoms with Gasteiger partial charge in [0.1, 0.15) is 11.6 Å². The zero-order valence-corrected chi connectivity index (χ0v) is 17.1. The monoisotopic (exact) mass is 413 g/mol. The molecule has 6 nitrogen and oxygen atoms in total. The molecule has 1 amide bonds. The van der Waals surface area contributed by atoms with Crippen molar-refractivity contribution < 1.29 is 13.6 Å². The van der Waals surface area contributed by atoms with Crippen LogP contribution in [0.1, 0.15) is 43.7 Å². The molecule has 0 bridgehead atoms. The number of para-hydroxylation sites is 2. The van der Waals surface area contributed by atoms with Crippen molar-refractivity contribution in [1.29, 1.82) is 0 Å². The SMILES string of the molecule is Cc1ccnc(NC(=O)C2CCN(C(C)c3nc4ccccc4n3C(F)F)CC2)c1. The third-order valence-corrected chi connectivity index (χ3v) is 5.81. The lowest BCUT2D eigenvalue weighted by Crippen LogP contribution is -2.40. The van der Waals surface area contributed by atoms with Gasteiger partial charge >= 0.3 is 6.55 Å².